The van der Waals surface area contributed by atoms with Crippen molar-refractivity contribution in [3.05, 3.63) is 78.0 Å². The summed E-state index contributed by atoms with van der Waals surface area (Å²) < 4.78 is 2.27. The van der Waals surface area contributed by atoms with E-state index in [0.717, 1.165) is 50.7 Å². The van der Waals surface area contributed by atoms with E-state index >= 15 is 0 Å². The highest BCUT2D eigenvalue weighted by Crippen LogP contribution is 2.32. The van der Waals surface area contributed by atoms with Gasteiger partial charge in [-0.1, -0.05) is 48.5 Å². The third kappa shape index (κ3) is 3.22. The molecule has 0 saturated heterocycles. The molecule has 34 heavy (non-hydrogen) atoms. The van der Waals surface area contributed by atoms with Crippen LogP contribution in [0, 0.1) is 6.92 Å². The number of nitrogen functional groups attached to an aromatic ring is 2. The Labute approximate surface area is 194 Å². The molecule has 0 unspecified atom stereocenters. The molecule has 0 radical (unpaired) electrons. The number of nitrogens with zero attached hydrogens (tertiary/aromatic N) is 6. The van der Waals surface area contributed by atoms with Crippen molar-refractivity contribution in [3.63, 3.8) is 0 Å². The first-order valence-electron chi connectivity index (χ1n) is 10.8. The lowest BCUT2D eigenvalue weighted by molar-refractivity contribution is 0.805. The molecule has 6 rings (SSSR count). The summed E-state index contributed by atoms with van der Waals surface area (Å²) in [5.41, 5.74) is 19.2. The predicted octanol–water partition coefficient (Wildman–Crippen LogP) is 3.95. The minimum absolute atomic E-state index is 0.180. The molecular weight excluding hydrogens is 426 g/mol. The minimum Gasteiger partial charge on any atom is -0.383 e. The Morgan fingerprint density at radius 2 is 1.68 bits per heavy atom. The van der Waals surface area contributed by atoms with Gasteiger partial charge in [0.2, 0.25) is 11.8 Å². The van der Waals surface area contributed by atoms with Crippen LogP contribution >= 0.6 is 0 Å². The normalized spacial score (nSPS) is 11.4. The van der Waals surface area contributed by atoms with Crippen LogP contribution in [0.5, 0.6) is 0 Å². The maximum atomic E-state index is 6.07. The Bertz CT molecular complexity index is 1650. The van der Waals surface area contributed by atoms with E-state index in [-0.39, 0.29) is 5.95 Å². The van der Waals surface area contributed by atoms with Gasteiger partial charge >= 0.3 is 0 Å². The second-order valence-electron chi connectivity index (χ2n) is 8.21. The minimum atomic E-state index is 0.180. The number of hydrogen-bond donors (Lipinski definition) is 3. The van der Waals surface area contributed by atoms with E-state index in [2.05, 4.69) is 84.5 Å². The van der Waals surface area contributed by atoms with Crippen molar-refractivity contribution in [1.29, 1.82) is 0 Å². The SMILES string of the molecule is Cc1cc2c3nc(N)nc(N)c3ccc2n1Cc1ccc(-c2ccccc2-c2nn[nH]n2)cc1. The molecule has 6 aromatic rings. The first kappa shape index (κ1) is 19.9. The molecule has 0 aliphatic heterocycles. The van der Waals surface area contributed by atoms with Crippen LogP contribution in [0.1, 0.15) is 11.3 Å². The Morgan fingerprint density at radius 1 is 0.882 bits per heavy atom. The zero-order chi connectivity index (χ0) is 23.2. The van der Waals surface area contributed by atoms with E-state index in [4.69, 9.17) is 11.5 Å². The molecule has 0 spiro atoms. The van der Waals surface area contributed by atoms with Crippen LogP contribution in [0.15, 0.2) is 66.7 Å². The number of aromatic nitrogens is 7. The van der Waals surface area contributed by atoms with E-state index in [0.29, 0.717) is 11.6 Å². The monoisotopic (exact) mass is 447 g/mol. The van der Waals surface area contributed by atoms with Crippen molar-refractivity contribution < 1.29 is 0 Å². The van der Waals surface area contributed by atoms with Gasteiger partial charge in [0.25, 0.3) is 0 Å². The summed E-state index contributed by atoms with van der Waals surface area (Å²) in [7, 11) is 0. The van der Waals surface area contributed by atoms with Crippen molar-refractivity contribution in [2.45, 2.75) is 13.5 Å². The Balaban J connectivity index is 1.37. The number of rotatable bonds is 4. The molecule has 3 heterocycles. The summed E-state index contributed by atoms with van der Waals surface area (Å²) in [5.74, 6) is 1.15. The maximum Gasteiger partial charge on any atom is 0.222 e. The molecule has 3 aromatic heterocycles. The number of fused-ring (bicyclic) bond motifs is 3. The predicted molar refractivity (Wildman–Crippen MR) is 133 cm³/mol. The number of nitrogens with two attached hydrogens (primary N) is 2. The van der Waals surface area contributed by atoms with Crippen molar-refractivity contribution in [2.24, 2.45) is 0 Å². The maximum absolute atomic E-state index is 6.07. The van der Waals surface area contributed by atoms with Gasteiger partial charge in [-0.25, -0.2) is 4.98 Å². The smallest absolute Gasteiger partial charge is 0.222 e. The average molecular weight is 448 g/mol. The van der Waals surface area contributed by atoms with Crippen LogP contribution in [0.3, 0.4) is 0 Å². The van der Waals surface area contributed by atoms with Crippen molar-refractivity contribution >= 4 is 33.6 Å². The lowest BCUT2D eigenvalue weighted by atomic mass is 9.98. The number of benzene rings is 3. The zero-order valence-corrected chi connectivity index (χ0v) is 18.4. The van der Waals surface area contributed by atoms with Crippen LogP contribution in [0.4, 0.5) is 11.8 Å². The number of H-pyrrole nitrogens is 1. The van der Waals surface area contributed by atoms with Gasteiger partial charge in [0.05, 0.1) is 11.0 Å². The molecule has 0 atom stereocenters. The number of nitrogens with one attached hydrogen (secondary N) is 1. The van der Waals surface area contributed by atoms with Crippen LogP contribution in [-0.4, -0.2) is 35.2 Å². The van der Waals surface area contributed by atoms with Crippen molar-refractivity contribution in [1.82, 2.24) is 35.2 Å². The van der Waals surface area contributed by atoms with Crippen molar-refractivity contribution in [3.8, 4) is 22.5 Å². The first-order valence-corrected chi connectivity index (χ1v) is 10.8. The summed E-state index contributed by atoms with van der Waals surface area (Å²) in [6.07, 6.45) is 0. The number of aromatic amines is 1. The van der Waals surface area contributed by atoms with Gasteiger partial charge in [0.15, 0.2) is 0 Å². The topological polar surface area (TPSA) is 137 Å². The number of aryl methyl sites for hydroxylation is 1. The Kier molecular flexibility index (Phi) is 4.48. The molecule has 166 valence electrons. The van der Waals surface area contributed by atoms with Crippen LogP contribution < -0.4 is 11.5 Å². The fourth-order valence-electron chi connectivity index (χ4n) is 4.49. The Hall–Kier alpha value is -4.79. The zero-order valence-electron chi connectivity index (χ0n) is 18.4. The standard InChI is InChI=1S/C25H21N9/c1-14-12-20-21(11-10-19-22(20)28-25(27)29-23(19)26)34(14)13-15-6-8-16(9-7-15)17-4-2-3-5-18(17)24-30-32-33-31-24/h2-12H,13H2,1H3,(H4,26,27,28,29)(H,30,31,32,33). The highest BCUT2D eigenvalue weighted by molar-refractivity contribution is 6.08. The van der Waals surface area contributed by atoms with E-state index in [1.54, 1.807) is 0 Å². The van der Waals surface area contributed by atoms with Crippen LogP contribution in [0.2, 0.25) is 0 Å². The number of tetrazole rings is 1. The van der Waals surface area contributed by atoms with Crippen LogP contribution in [0.25, 0.3) is 44.3 Å². The third-order valence-corrected chi connectivity index (χ3v) is 6.12. The second kappa shape index (κ2) is 7.66. The van der Waals surface area contributed by atoms with E-state index in [9.17, 15) is 0 Å². The first-order chi connectivity index (χ1) is 16.6. The molecule has 3 aromatic carbocycles. The fourth-order valence-corrected chi connectivity index (χ4v) is 4.49. The number of hydrogen-bond acceptors (Lipinski definition) is 7. The Morgan fingerprint density at radius 3 is 2.44 bits per heavy atom. The average Bonchev–Trinajstić information content (AvgIpc) is 3.48. The summed E-state index contributed by atoms with van der Waals surface area (Å²) >= 11 is 0. The fraction of sp³-hybridized carbons (Fsp3) is 0.0800. The molecule has 0 aliphatic rings. The van der Waals surface area contributed by atoms with Crippen LogP contribution in [-0.2, 0) is 6.54 Å². The summed E-state index contributed by atoms with van der Waals surface area (Å²) in [6, 6.07) is 22.7. The number of anilines is 2. The van der Waals surface area contributed by atoms with E-state index in [1.165, 1.54) is 5.56 Å². The largest absolute Gasteiger partial charge is 0.383 e. The molecule has 5 N–H and O–H groups in total. The third-order valence-electron chi connectivity index (χ3n) is 6.12. The lowest BCUT2D eigenvalue weighted by Gasteiger charge is -2.11. The molecule has 0 fully saturated rings. The lowest BCUT2D eigenvalue weighted by Crippen LogP contribution is -2.02. The molecule has 0 bridgehead atoms. The highest BCUT2D eigenvalue weighted by Gasteiger charge is 2.14. The molecule has 0 saturated carbocycles. The van der Waals surface area contributed by atoms with Gasteiger partial charge in [-0.15, -0.1) is 10.2 Å². The molecular formula is C25H21N9. The van der Waals surface area contributed by atoms with Gasteiger partial charge in [-0.3, -0.25) is 0 Å². The second-order valence-corrected chi connectivity index (χ2v) is 8.21. The molecule has 0 amide bonds. The molecule has 9 nitrogen and oxygen atoms in total. The quantitative estimate of drug-likeness (QED) is 0.372. The van der Waals surface area contributed by atoms with E-state index < -0.39 is 0 Å². The molecule has 9 heteroatoms. The van der Waals surface area contributed by atoms with E-state index in [1.807, 2.05) is 24.3 Å². The van der Waals surface area contributed by atoms with Gasteiger partial charge < -0.3 is 16.0 Å². The highest BCUT2D eigenvalue weighted by atomic mass is 15.5. The summed E-state index contributed by atoms with van der Waals surface area (Å²) in [6.45, 7) is 2.82. The summed E-state index contributed by atoms with van der Waals surface area (Å²) in [4.78, 5) is 8.54. The van der Waals surface area contributed by atoms with Gasteiger partial charge in [-0.2, -0.15) is 10.2 Å². The van der Waals surface area contributed by atoms with Crippen molar-refractivity contribution in [2.75, 3.05) is 11.5 Å². The van der Waals surface area contributed by atoms with Gasteiger partial charge in [-0.05, 0) is 47.0 Å². The van der Waals surface area contributed by atoms with Gasteiger partial charge in [0.1, 0.15) is 5.82 Å². The summed E-state index contributed by atoms with van der Waals surface area (Å²) in [5, 5.41) is 16.3. The molecule has 0 aliphatic carbocycles. The van der Waals surface area contributed by atoms with Gasteiger partial charge in [0, 0.05) is 28.6 Å².